The van der Waals surface area contributed by atoms with Gasteiger partial charge in [-0.05, 0) is 28.8 Å². The zero-order valence-corrected chi connectivity index (χ0v) is 10.6. The van der Waals surface area contributed by atoms with E-state index in [2.05, 4.69) is 10.7 Å². The Morgan fingerprint density at radius 1 is 1.50 bits per heavy atom. The molecular weight excluding hydrogens is 246 g/mol. The van der Waals surface area contributed by atoms with Gasteiger partial charge in [-0.2, -0.15) is 11.3 Å². The summed E-state index contributed by atoms with van der Waals surface area (Å²) in [7, 11) is -3.06. The first-order valence-corrected chi connectivity index (χ1v) is 7.88. The van der Waals surface area contributed by atoms with E-state index < -0.39 is 15.9 Å². The van der Waals surface area contributed by atoms with Crippen molar-refractivity contribution in [3.8, 4) is 0 Å². The molecular formula is C10H15NO3S2. The van der Waals surface area contributed by atoms with Crippen LogP contribution >= 0.6 is 11.3 Å². The smallest absolute Gasteiger partial charge is 0.154 e. The van der Waals surface area contributed by atoms with Crippen molar-refractivity contribution in [3.63, 3.8) is 0 Å². The van der Waals surface area contributed by atoms with Crippen LogP contribution in [0.25, 0.3) is 0 Å². The van der Waals surface area contributed by atoms with Crippen molar-refractivity contribution in [1.82, 2.24) is 5.32 Å². The second-order valence-electron chi connectivity index (χ2n) is 4.21. The lowest BCUT2D eigenvalue weighted by Gasteiger charge is -2.14. The van der Waals surface area contributed by atoms with Crippen molar-refractivity contribution >= 4 is 21.2 Å². The first-order valence-electron chi connectivity index (χ1n) is 5.11. The van der Waals surface area contributed by atoms with Crippen LogP contribution in [0.4, 0.5) is 0 Å². The Hall–Kier alpha value is -0.430. The molecule has 0 spiro atoms. The van der Waals surface area contributed by atoms with Crippen LogP contribution in [0.2, 0.25) is 0 Å². The minimum absolute atomic E-state index is 0.0390. The average Bonchev–Trinajstić information content (AvgIpc) is 2.67. The standard InChI is InChI=1S/C10H15NO3S2/c1-7-3-15-4-8(7)2-11-9-5-16(13,14)6-10(9)12/h3-4,9-12H,2,5-6H2,1H3. The molecule has 0 bridgehead atoms. The zero-order chi connectivity index (χ0) is 11.8. The van der Waals surface area contributed by atoms with Crippen LogP contribution in [0.15, 0.2) is 10.8 Å². The highest BCUT2D eigenvalue weighted by atomic mass is 32.2. The van der Waals surface area contributed by atoms with E-state index in [9.17, 15) is 13.5 Å². The quantitative estimate of drug-likeness (QED) is 0.821. The number of aryl methyl sites for hydroxylation is 1. The van der Waals surface area contributed by atoms with Gasteiger partial charge in [0.1, 0.15) is 0 Å². The first-order chi connectivity index (χ1) is 7.48. The summed E-state index contributed by atoms with van der Waals surface area (Å²) in [5.41, 5.74) is 2.37. The van der Waals surface area contributed by atoms with E-state index in [0.717, 1.165) is 0 Å². The Morgan fingerprint density at radius 2 is 2.25 bits per heavy atom. The van der Waals surface area contributed by atoms with Gasteiger partial charge < -0.3 is 10.4 Å². The molecule has 1 fully saturated rings. The SMILES string of the molecule is Cc1cscc1CNC1CS(=O)(=O)CC1O. The molecule has 16 heavy (non-hydrogen) atoms. The first kappa shape index (κ1) is 12.0. The average molecular weight is 261 g/mol. The maximum absolute atomic E-state index is 11.3. The molecule has 4 nitrogen and oxygen atoms in total. The highest BCUT2D eigenvalue weighted by Gasteiger charge is 2.35. The second-order valence-corrected chi connectivity index (χ2v) is 7.11. The molecule has 0 amide bonds. The molecule has 1 aliphatic rings. The molecule has 1 aromatic rings. The van der Waals surface area contributed by atoms with Gasteiger partial charge in [0.2, 0.25) is 0 Å². The highest BCUT2D eigenvalue weighted by molar-refractivity contribution is 7.91. The van der Waals surface area contributed by atoms with Gasteiger partial charge in [-0.15, -0.1) is 0 Å². The zero-order valence-electron chi connectivity index (χ0n) is 9.01. The molecule has 0 radical (unpaired) electrons. The minimum atomic E-state index is -3.06. The van der Waals surface area contributed by atoms with Gasteiger partial charge in [0.25, 0.3) is 0 Å². The molecule has 90 valence electrons. The van der Waals surface area contributed by atoms with Crippen molar-refractivity contribution in [2.75, 3.05) is 11.5 Å². The van der Waals surface area contributed by atoms with Crippen molar-refractivity contribution in [2.45, 2.75) is 25.6 Å². The molecule has 1 saturated heterocycles. The fraction of sp³-hybridized carbons (Fsp3) is 0.600. The van der Waals surface area contributed by atoms with Crippen molar-refractivity contribution in [2.24, 2.45) is 0 Å². The van der Waals surface area contributed by atoms with Gasteiger partial charge in [0.05, 0.1) is 17.6 Å². The Bertz CT molecular complexity index is 466. The largest absolute Gasteiger partial charge is 0.390 e. The normalized spacial score (nSPS) is 28.4. The number of hydrogen-bond acceptors (Lipinski definition) is 5. The topological polar surface area (TPSA) is 66.4 Å². The Morgan fingerprint density at radius 3 is 2.75 bits per heavy atom. The second kappa shape index (κ2) is 4.44. The Balaban J connectivity index is 1.95. The van der Waals surface area contributed by atoms with Crippen LogP contribution < -0.4 is 5.32 Å². The summed E-state index contributed by atoms with van der Waals surface area (Å²) in [5.74, 6) is -0.0787. The number of sulfone groups is 1. The third-order valence-electron chi connectivity index (χ3n) is 2.84. The van der Waals surface area contributed by atoms with E-state index in [-0.39, 0.29) is 17.5 Å². The van der Waals surface area contributed by atoms with E-state index in [1.54, 1.807) is 11.3 Å². The predicted octanol–water partition coefficient (Wildman–Crippen LogP) is 0.304. The van der Waals surface area contributed by atoms with E-state index >= 15 is 0 Å². The van der Waals surface area contributed by atoms with Gasteiger partial charge in [0, 0.05) is 12.6 Å². The molecule has 0 aromatic carbocycles. The summed E-state index contributed by atoms with van der Waals surface area (Å²) in [6.45, 7) is 2.64. The predicted molar refractivity (Wildman–Crippen MR) is 64.3 cm³/mol. The minimum Gasteiger partial charge on any atom is -0.390 e. The number of thiophene rings is 1. The molecule has 2 atom stereocenters. The van der Waals surface area contributed by atoms with Gasteiger partial charge >= 0.3 is 0 Å². The summed E-state index contributed by atoms with van der Waals surface area (Å²) in [6.07, 6.45) is -0.774. The van der Waals surface area contributed by atoms with Crippen LogP contribution in [-0.4, -0.2) is 37.2 Å². The fourth-order valence-electron chi connectivity index (χ4n) is 1.83. The van der Waals surface area contributed by atoms with E-state index in [4.69, 9.17) is 0 Å². The lowest BCUT2D eigenvalue weighted by Crippen LogP contribution is -2.38. The fourth-order valence-corrected chi connectivity index (χ4v) is 4.47. The highest BCUT2D eigenvalue weighted by Crippen LogP contribution is 2.16. The maximum Gasteiger partial charge on any atom is 0.154 e. The summed E-state index contributed by atoms with van der Waals surface area (Å²) in [5, 5.41) is 16.8. The Kier molecular flexibility index (Phi) is 3.34. The van der Waals surface area contributed by atoms with Gasteiger partial charge in [-0.1, -0.05) is 0 Å². The molecule has 2 heterocycles. The van der Waals surface area contributed by atoms with Crippen LogP contribution in [0.5, 0.6) is 0 Å². The van der Waals surface area contributed by atoms with Crippen LogP contribution in [0.1, 0.15) is 11.1 Å². The lowest BCUT2D eigenvalue weighted by molar-refractivity contribution is 0.165. The molecule has 2 unspecified atom stereocenters. The number of rotatable bonds is 3. The van der Waals surface area contributed by atoms with Crippen molar-refractivity contribution < 1.29 is 13.5 Å². The summed E-state index contributed by atoms with van der Waals surface area (Å²) >= 11 is 1.63. The monoisotopic (exact) mass is 261 g/mol. The number of aliphatic hydroxyl groups excluding tert-OH is 1. The summed E-state index contributed by atoms with van der Waals surface area (Å²) in [6, 6.07) is -0.329. The van der Waals surface area contributed by atoms with Crippen LogP contribution in [-0.2, 0) is 16.4 Å². The molecule has 0 aliphatic carbocycles. The molecule has 2 N–H and O–H groups in total. The lowest BCUT2D eigenvalue weighted by atomic mass is 10.2. The van der Waals surface area contributed by atoms with Gasteiger partial charge in [-0.3, -0.25) is 0 Å². The van der Waals surface area contributed by atoms with Crippen LogP contribution in [0, 0.1) is 6.92 Å². The molecule has 6 heteroatoms. The number of aliphatic hydroxyl groups is 1. The summed E-state index contributed by atoms with van der Waals surface area (Å²) in [4.78, 5) is 0. The van der Waals surface area contributed by atoms with E-state index in [0.29, 0.717) is 6.54 Å². The summed E-state index contributed by atoms with van der Waals surface area (Å²) < 4.78 is 22.6. The molecule has 0 saturated carbocycles. The molecule has 2 rings (SSSR count). The van der Waals surface area contributed by atoms with Gasteiger partial charge in [0.15, 0.2) is 9.84 Å². The number of hydrogen-bond donors (Lipinski definition) is 2. The van der Waals surface area contributed by atoms with Crippen molar-refractivity contribution in [3.05, 3.63) is 21.9 Å². The third kappa shape index (κ3) is 2.63. The maximum atomic E-state index is 11.3. The number of nitrogens with one attached hydrogen (secondary N) is 1. The third-order valence-corrected chi connectivity index (χ3v) is 5.47. The molecule has 1 aliphatic heterocycles. The molecule has 1 aromatic heterocycles. The van der Waals surface area contributed by atoms with E-state index in [1.165, 1.54) is 11.1 Å². The van der Waals surface area contributed by atoms with Crippen LogP contribution in [0.3, 0.4) is 0 Å². The Labute approximate surface area is 99.2 Å². The van der Waals surface area contributed by atoms with Gasteiger partial charge in [-0.25, -0.2) is 8.42 Å². The van der Waals surface area contributed by atoms with E-state index in [1.807, 2.05) is 12.3 Å². The van der Waals surface area contributed by atoms with Crippen molar-refractivity contribution in [1.29, 1.82) is 0 Å².